The minimum absolute atomic E-state index is 0.219. The maximum Gasteiger partial charge on any atom is 0.408 e. The molecule has 0 saturated heterocycles. The average Bonchev–Trinajstić information content (AvgIpc) is 2.85. The van der Waals surface area contributed by atoms with Crippen LogP contribution in [0.4, 0.5) is 9.59 Å². The summed E-state index contributed by atoms with van der Waals surface area (Å²) in [6.45, 7) is 5.14. The van der Waals surface area contributed by atoms with E-state index < -0.39 is 36.2 Å². The lowest BCUT2D eigenvalue weighted by atomic mass is 10.0. The van der Waals surface area contributed by atoms with Crippen LogP contribution < -0.4 is 10.6 Å². The second kappa shape index (κ2) is 14.5. The van der Waals surface area contributed by atoms with E-state index in [0.29, 0.717) is 25.8 Å². The van der Waals surface area contributed by atoms with Gasteiger partial charge in [0.05, 0.1) is 6.04 Å². The van der Waals surface area contributed by atoms with Crippen LogP contribution in [0.15, 0.2) is 54.6 Å². The van der Waals surface area contributed by atoms with Crippen molar-refractivity contribution in [1.29, 1.82) is 0 Å². The van der Waals surface area contributed by atoms with Gasteiger partial charge in [0.1, 0.15) is 18.8 Å². The number of Topliss-reactive ketones (excluding diaryl/α,β-unsaturated/α-hetero) is 1. The van der Waals surface area contributed by atoms with E-state index in [1.165, 1.54) is 0 Å². The molecule has 0 radical (unpaired) electrons. The molecule has 2 rings (SSSR count). The van der Waals surface area contributed by atoms with Crippen LogP contribution in [-0.4, -0.2) is 47.9 Å². The largest absolute Gasteiger partial charge is 0.445 e. The van der Waals surface area contributed by atoms with Gasteiger partial charge in [-0.3, -0.25) is 4.79 Å². The van der Waals surface area contributed by atoms with Gasteiger partial charge in [0.25, 0.3) is 0 Å². The van der Waals surface area contributed by atoms with Crippen LogP contribution in [0.5, 0.6) is 0 Å². The van der Waals surface area contributed by atoms with E-state index in [1.54, 1.807) is 20.8 Å². The molecule has 2 amide bonds. The maximum atomic E-state index is 12.0. The van der Waals surface area contributed by atoms with Crippen molar-refractivity contribution >= 4 is 18.0 Å². The van der Waals surface area contributed by atoms with E-state index in [2.05, 4.69) is 22.5 Å². The van der Waals surface area contributed by atoms with Crippen LogP contribution >= 0.6 is 0 Å². The highest BCUT2D eigenvalue weighted by Crippen LogP contribution is 2.11. The van der Waals surface area contributed by atoms with Gasteiger partial charge in [0, 0.05) is 18.5 Å². The first kappa shape index (κ1) is 28.4. The molecule has 0 bridgehead atoms. The van der Waals surface area contributed by atoms with Gasteiger partial charge in [-0.25, -0.2) is 9.59 Å². The number of amides is 2. The molecule has 36 heavy (non-hydrogen) atoms. The van der Waals surface area contributed by atoms with E-state index in [1.807, 2.05) is 54.6 Å². The molecule has 0 saturated carbocycles. The number of benzene rings is 2. The Kier molecular flexibility index (Phi) is 11.5. The highest BCUT2D eigenvalue weighted by molar-refractivity contribution is 5.88. The maximum absolute atomic E-state index is 12.0. The summed E-state index contributed by atoms with van der Waals surface area (Å²) < 4.78 is 10.3. The molecule has 8 heteroatoms. The smallest absolute Gasteiger partial charge is 0.408 e. The topological polar surface area (TPSA) is 114 Å². The van der Waals surface area contributed by atoms with E-state index in [9.17, 15) is 19.5 Å². The number of aliphatic hydroxyl groups excluding tert-OH is 1. The molecule has 0 aromatic heterocycles. The molecular formula is C28H34N2O6. The predicted octanol–water partition coefficient (Wildman–Crippen LogP) is 3.74. The van der Waals surface area contributed by atoms with Crippen molar-refractivity contribution in [2.75, 3.05) is 13.2 Å². The third kappa shape index (κ3) is 11.5. The summed E-state index contributed by atoms with van der Waals surface area (Å²) in [6.07, 6.45) is 0.150. The van der Waals surface area contributed by atoms with Crippen molar-refractivity contribution in [3.05, 3.63) is 71.3 Å². The molecule has 1 atom stereocenters. The van der Waals surface area contributed by atoms with Crippen molar-refractivity contribution in [3.63, 3.8) is 0 Å². The first-order chi connectivity index (χ1) is 17.2. The lowest BCUT2D eigenvalue weighted by molar-refractivity contribution is -0.124. The lowest BCUT2D eigenvalue weighted by Crippen LogP contribution is -2.44. The average molecular weight is 495 g/mol. The molecule has 0 fully saturated rings. The molecule has 3 N–H and O–H groups in total. The Morgan fingerprint density at radius 1 is 0.972 bits per heavy atom. The first-order valence-corrected chi connectivity index (χ1v) is 11.8. The Labute approximate surface area is 212 Å². The molecule has 0 aliphatic rings. The van der Waals surface area contributed by atoms with Crippen molar-refractivity contribution in [3.8, 4) is 11.8 Å². The second-order valence-electron chi connectivity index (χ2n) is 9.10. The van der Waals surface area contributed by atoms with Crippen LogP contribution in [0.1, 0.15) is 50.3 Å². The van der Waals surface area contributed by atoms with Crippen LogP contribution in [-0.2, 0) is 27.3 Å². The van der Waals surface area contributed by atoms with Gasteiger partial charge in [0.15, 0.2) is 5.78 Å². The van der Waals surface area contributed by atoms with Crippen LogP contribution in [0.3, 0.4) is 0 Å². The fourth-order valence-electron chi connectivity index (χ4n) is 3.11. The molecule has 0 unspecified atom stereocenters. The highest BCUT2D eigenvalue weighted by Gasteiger charge is 2.23. The number of ketones is 1. The summed E-state index contributed by atoms with van der Waals surface area (Å²) in [5, 5.41) is 14.4. The SMILES string of the molecule is CC(C)(C)OC(=O)N[C@@H](CCc1ccc(C#CCCNC(=O)OCc2ccccc2)cc1)C(=O)CO. The van der Waals surface area contributed by atoms with Crippen molar-refractivity contribution in [2.24, 2.45) is 0 Å². The fraction of sp³-hybridized carbons (Fsp3) is 0.393. The number of aryl methyl sites for hydroxylation is 1. The number of hydrogen-bond acceptors (Lipinski definition) is 6. The molecule has 0 aliphatic carbocycles. The summed E-state index contributed by atoms with van der Waals surface area (Å²) in [7, 11) is 0. The number of rotatable bonds is 10. The van der Waals surface area contributed by atoms with E-state index >= 15 is 0 Å². The summed E-state index contributed by atoms with van der Waals surface area (Å²) >= 11 is 0. The van der Waals surface area contributed by atoms with Gasteiger partial charge < -0.3 is 25.2 Å². The lowest BCUT2D eigenvalue weighted by Gasteiger charge is -2.22. The van der Waals surface area contributed by atoms with Crippen molar-refractivity contribution in [2.45, 2.75) is 58.3 Å². The Balaban J connectivity index is 1.74. The number of alkyl carbamates (subject to hydrolysis) is 2. The molecule has 8 nitrogen and oxygen atoms in total. The van der Waals surface area contributed by atoms with Gasteiger partial charge >= 0.3 is 12.2 Å². The highest BCUT2D eigenvalue weighted by atomic mass is 16.6. The Morgan fingerprint density at radius 2 is 1.67 bits per heavy atom. The van der Waals surface area contributed by atoms with E-state index in [-0.39, 0.29) is 6.61 Å². The number of carbonyl (C=O) groups excluding carboxylic acids is 3. The van der Waals surface area contributed by atoms with E-state index in [0.717, 1.165) is 16.7 Å². The van der Waals surface area contributed by atoms with Crippen LogP contribution in [0.25, 0.3) is 0 Å². The minimum atomic E-state index is -0.837. The zero-order chi connectivity index (χ0) is 26.4. The molecule has 0 aliphatic heterocycles. The summed E-state index contributed by atoms with van der Waals surface area (Å²) in [5.74, 6) is 5.58. The first-order valence-electron chi connectivity index (χ1n) is 11.8. The summed E-state index contributed by atoms with van der Waals surface area (Å²) in [6, 6.07) is 16.1. The zero-order valence-corrected chi connectivity index (χ0v) is 21.0. The number of carbonyl (C=O) groups is 3. The molecule has 192 valence electrons. The Bertz CT molecular complexity index is 1050. The molecule has 0 heterocycles. The fourth-order valence-corrected chi connectivity index (χ4v) is 3.11. The van der Waals surface area contributed by atoms with Crippen molar-refractivity contribution < 1.29 is 29.0 Å². The third-order valence-corrected chi connectivity index (χ3v) is 4.88. The molecule has 0 spiro atoms. The van der Waals surface area contributed by atoms with Gasteiger partial charge in [-0.15, -0.1) is 0 Å². The van der Waals surface area contributed by atoms with E-state index in [4.69, 9.17) is 9.47 Å². The monoisotopic (exact) mass is 494 g/mol. The third-order valence-electron chi connectivity index (χ3n) is 4.88. The number of hydrogen-bond donors (Lipinski definition) is 3. The zero-order valence-electron chi connectivity index (χ0n) is 21.0. The quantitative estimate of drug-likeness (QED) is 0.343. The Hall–Kier alpha value is -3.83. The minimum Gasteiger partial charge on any atom is -0.445 e. The number of aliphatic hydroxyl groups is 1. The number of ether oxygens (including phenoxy) is 2. The summed E-state index contributed by atoms with van der Waals surface area (Å²) in [4.78, 5) is 35.8. The van der Waals surface area contributed by atoms with Crippen LogP contribution in [0.2, 0.25) is 0 Å². The van der Waals surface area contributed by atoms with Crippen molar-refractivity contribution in [1.82, 2.24) is 10.6 Å². The molecule has 2 aromatic rings. The molecule has 2 aromatic carbocycles. The normalized spacial score (nSPS) is 11.4. The predicted molar refractivity (Wildman–Crippen MR) is 136 cm³/mol. The van der Waals surface area contributed by atoms with Gasteiger partial charge in [-0.2, -0.15) is 0 Å². The standard InChI is InChI=1S/C28H34N2O6/c1-28(2,3)36-27(34)30-24(25(32)19-31)17-16-22-14-12-21(13-15-22)9-7-8-18-29-26(33)35-20-23-10-5-4-6-11-23/h4-6,10-15,24,31H,8,16-20H2,1-3H3,(H,29,33)(H,30,34)/t24-/m0/s1. The second-order valence-corrected chi connectivity index (χ2v) is 9.10. The molecular weight excluding hydrogens is 460 g/mol. The van der Waals surface area contributed by atoms with Gasteiger partial charge in [-0.1, -0.05) is 54.3 Å². The van der Waals surface area contributed by atoms with Gasteiger partial charge in [0.2, 0.25) is 0 Å². The van der Waals surface area contributed by atoms with Crippen LogP contribution in [0, 0.1) is 11.8 Å². The number of nitrogens with one attached hydrogen (secondary N) is 2. The Morgan fingerprint density at radius 3 is 2.31 bits per heavy atom. The summed E-state index contributed by atoms with van der Waals surface area (Å²) in [5.41, 5.74) is 2.02. The van der Waals surface area contributed by atoms with Gasteiger partial charge in [-0.05, 0) is 56.9 Å².